The molecule has 0 atom stereocenters. The van der Waals surface area contributed by atoms with E-state index in [-0.39, 0.29) is 11.7 Å². The van der Waals surface area contributed by atoms with Gasteiger partial charge in [-0.05, 0) is 66.1 Å². The standard InChI is InChI=1S/C27H26N4O3S/c1-18-12-19(2)30-27(29-18)35-17-26(32)31-28-15-20-9-11-24(25(14-20)33-3)34-16-21-8-10-22-6-4-5-7-23(22)13-21/h4-15H,16-17H2,1-3H3,(H,31,32)/b28-15-. The van der Waals surface area contributed by atoms with Gasteiger partial charge in [0.15, 0.2) is 16.7 Å². The molecule has 8 heteroatoms. The van der Waals surface area contributed by atoms with Crippen molar-refractivity contribution in [1.82, 2.24) is 15.4 Å². The van der Waals surface area contributed by atoms with Gasteiger partial charge in [0.1, 0.15) is 6.61 Å². The Hall–Kier alpha value is -3.91. The smallest absolute Gasteiger partial charge is 0.250 e. The summed E-state index contributed by atoms with van der Waals surface area (Å²) < 4.78 is 11.5. The third-order valence-corrected chi connectivity index (χ3v) is 5.94. The van der Waals surface area contributed by atoms with Gasteiger partial charge in [-0.2, -0.15) is 5.10 Å². The lowest BCUT2D eigenvalue weighted by atomic mass is 10.1. The molecule has 35 heavy (non-hydrogen) atoms. The van der Waals surface area contributed by atoms with Crippen molar-refractivity contribution in [2.45, 2.75) is 25.6 Å². The predicted octanol–water partition coefficient (Wildman–Crippen LogP) is 5.08. The van der Waals surface area contributed by atoms with Gasteiger partial charge in [0, 0.05) is 11.4 Å². The minimum absolute atomic E-state index is 0.172. The third kappa shape index (κ3) is 6.80. The lowest BCUT2D eigenvalue weighted by molar-refractivity contribution is -0.118. The third-order valence-electron chi connectivity index (χ3n) is 5.09. The van der Waals surface area contributed by atoms with Crippen LogP contribution < -0.4 is 14.9 Å². The van der Waals surface area contributed by atoms with Gasteiger partial charge in [0.2, 0.25) is 0 Å². The van der Waals surface area contributed by atoms with Gasteiger partial charge in [-0.1, -0.05) is 48.2 Å². The second kappa shape index (κ2) is 11.5. The minimum Gasteiger partial charge on any atom is -0.493 e. The Kier molecular flexibility index (Phi) is 7.95. The molecule has 0 radical (unpaired) electrons. The van der Waals surface area contributed by atoms with Crippen molar-refractivity contribution in [2.24, 2.45) is 5.10 Å². The van der Waals surface area contributed by atoms with E-state index in [2.05, 4.69) is 50.8 Å². The van der Waals surface area contributed by atoms with E-state index in [9.17, 15) is 4.79 Å². The van der Waals surface area contributed by atoms with Crippen LogP contribution in [0, 0.1) is 13.8 Å². The first-order valence-electron chi connectivity index (χ1n) is 11.1. The largest absolute Gasteiger partial charge is 0.493 e. The van der Waals surface area contributed by atoms with Crippen molar-refractivity contribution in [3.8, 4) is 11.5 Å². The summed E-state index contributed by atoms with van der Waals surface area (Å²) in [6.07, 6.45) is 1.56. The molecule has 4 aromatic rings. The molecular weight excluding hydrogens is 460 g/mol. The highest BCUT2D eigenvalue weighted by atomic mass is 32.2. The lowest BCUT2D eigenvalue weighted by Crippen LogP contribution is -2.19. The van der Waals surface area contributed by atoms with E-state index in [1.54, 1.807) is 13.3 Å². The Labute approximate surface area is 208 Å². The summed E-state index contributed by atoms with van der Waals surface area (Å²) in [7, 11) is 1.59. The van der Waals surface area contributed by atoms with Crippen LogP contribution in [0.2, 0.25) is 0 Å². The number of benzene rings is 3. The zero-order valence-electron chi connectivity index (χ0n) is 19.8. The van der Waals surface area contributed by atoms with Crippen molar-refractivity contribution in [1.29, 1.82) is 0 Å². The van der Waals surface area contributed by atoms with E-state index >= 15 is 0 Å². The molecule has 1 N–H and O–H groups in total. The van der Waals surface area contributed by atoms with E-state index < -0.39 is 0 Å². The number of aryl methyl sites for hydroxylation is 2. The van der Waals surface area contributed by atoms with Crippen LogP contribution in [-0.4, -0.2) is 35.0 Å². The van der Waals surface area contributed by atoms with Gasteiger partial charge >= 0.3 is 0 Å². The van der Waals surface area contributed by atoms with Crippen molar-refractivity contribution < 1.29 is 14.3 Å². The highest BCUT2D eigenvalue weighted by Gasteiger charge is 2.08. The number of carbonyl (C=O) groups excluding carboxylic acids is 1. The number of ether oxygens (including phenoxy) is 2. The Morgan fingerprint density at radius 2 is 1.74 bits per heavy atom. The van der Waals surface area contributed by atoms with E-state index in [0.29, 0.717) is 23.3 Å². The number of methoxy groups -OCH3 is 1. The Morgan fingerprint density at radius 1 is 0.971 bits per heavy atom. The fraction of sp³-hybridized carbons (Fsp3) is 0.185. The Morgan fingerprint density at radius 3 is 2.51 bits per heavy atom. The van der Waals surface area contributed by atoms with Crippen LogP contribution in [0.3, 0.4) is 0 Å². The number of thioether (sulfide) groups is 1. The number of amides is 1. The number of hydrogen-bond acceptors (Lipinski definition) is 7. The second-order valence-corrected chi connectivity index (χ2v) is 8.84. The summed E-state index contributed by atoms with van der Waals surface area (Å²) in [6.45, 7) is 4.22. The van der Waals surface area contributed by atoms with E-state index in [1.807, 2.05) is 50.2 Å². The SMILES string of the molecule is COc1cc(/C=N\NC(=O)CSc2nc(C)cc(C)n2)ccc1OCc1ccc2ccccc2c1. The molecule has 1 heterocycles. The molecule has 1 amide bonds. The number of aromatic nitrogens is 2. The predicted molar refractivity (Wildman–Crippen MR) is 139 cm³/mol. The van der Waals surface area contributed by atoms with Crippen molar-refractivity contribution in [3.63, 3.8) is 0 Å². The highest BCUT2D eigenvalue weighted by molar-refractivity contribution is 7.99. The van der Waals surface area contributed by atoms with Crippen LogP contribution >= 0.6 is 11.8 Å². The summed E-state index contributed by atoms with van der Waals surface area (Å²) in [5.41, 5.74) is 6.11. The van der Waals surface area contributed by atoms with Gasteiger partial charge < -0.3 is 9.47 Å². The van der Waals surface area contributed by atoms with Crippen LogP contribution in [0.5, 0.6) is 11.5 Å². The summed E-state index contributed by atoms with van der Waals surface area (Å²) >= 11 is 1.27. The van der Waals surface area contributed by atoms with Crippen LogP contribution in [0.25, 0.3) is 10.8 Å². The van der Waals surface area contributed by atoms with Crippen LogP contribution in [-0.2, 0) is 11.4 Å². The Bertz CT molecular complexity index is 1350. The maximum Gasteiger partial charge on any atom is 0.250 e. The van der Waals surface area contributed by atoms with Gasteiger partial charge in [-0.15, -0.1) is 0 Å². The Balaban J connectivity index is 1.31. The molecule has 7 nitrogen and oxygen atoms in total. The number of hydrogen-bond donors (Lipinski definition) is 1. The van der Waals surface area contributed by atoms with Gasteiger partial charge in [0.05, 0.1) is 19.1 Å². The maximum absolute atomic E-state index is 12.1. The second-order valence-electron chi connectivity index (χ2n) is 7.90. The first-order valence-corrected chi connectivity index (χ1v) is 12.0. The normalized spacial score (nSPS) is 11.1. The summed E-state index contributed by atoms with van der Waals surface area (Å²) in [5.74, 6) is 1.15. The number of fused-ring (bicyclic) bond motifs is 1. The van der Waals surface area contributed by atoms with E-state index in [1.165, 1.54) is 22.5 Å². The quantitative estimate of drug-likeness (QED) is 0.154. The monoisotopic (exact) mass is 486 g/mol. The number of carbonyl (C=O) groups is 1. The molecule has 178 valence electrons. The molecule has 0 aliphatic heterocycles. The lowest BCUT2D eigenvalue weighted by Gasteiger charge is -2.12. The number of nitrogens with zero attached hydrogens (tertiary/aromatic N) is 3. The van der Waals surface area contributed by atoms with Gasteiger partial charge in [-0.3, -0.25) is 4.79 Å². The fourth-order valence-corrected chi connectivity index (χ4v) is 4.21. The van der Waals surface area contributed by atoms with Crippen molar-refractivity contribution in [2.75, 3.05) is 12.9 Å². The first-order chi connectivity index (χ1) is 17.0. The van der Waals surface area contributed by atoms with Crippen LogP contribution in [0.4, 0.5) is 0 Å². The molecule has 0 saturated heterocycles. The molecule has 0 unspecified atom stereocenters. The topological polar surface area (TPSA) is 85.7 Å². The molecule has 3 aromatic carbocycles. The van der Waals surface area contributed by atoms with Crippen molar-refractivity contribution >= 4 is 34.7 Å². The number of hydrazone groups is 1. The molecule has 0 aliphatic rings. The molecule has 0 aliphatic carbocycles. The molecule has 0 fully saturated rings. The minimum atomic E-state index is -0.240. The molecular formula is C27H26N4O3S. The molecule has 1 aromatic heterocycles. The van der Waals surface area contributed by atoms with Crippen LogP contribution in [0.15, 0.2) is 77.0 Å². The summed E-state index contributed by atoms with van der Waals surface area (Å²) in [4.78, 5) is 20.7. The van der Waals surface area contributed by atoms with Gasteiger partial charge in [-0.25, -0.2) is 15.4 Å². The number of nitrogens with one attached hydrogen (secondary N) is 1. The fourth-order valence-electron chi connectivity index (χ4n) is 3.47. The summed E-state index contributed by atoms with van der Waals surface area (Å²) in [6, 6.07) is 21.9. The zero-order valence-corrected chi connectivity index (χ0v) is 20.6. The zero-order chi connectivity index (χ0) is 24.6. The van der Waals surface area contributed by atoms with Crippen molar-refractivity contribution in [3.05, 3.63) is 89.2 Å². The first kappa shape index (κ1) is 24.2. The number of rotatable bonds is 9. The van der Waals surface area contributed by atoms with Gasteiger partial charge in [0.25, 0.3) is 5.91 Å². The molecule has 0 saturated carbocycles. The van der Waals surface area contributed by atoms with E-state index in [0.717, 1.165) is 22.5 Å². The molecule has 0 spiro atoms. The average Bonchev–Trinajstić information content (AvgIpc) is 2.86. The molecule has 4 rings (SSSR count). The highest BCUT2D eigenvalue weighted by Crippen LogP contribution is 2.28. The molecule has 0 bridgehead atoms. The summed E-state index contributed by atoms with van der Waals surface area (Å²) in [5, 5.41) is 6.99. The maximum atomic E-state index is 12.1. The van der Waals surface area contributed by atoms with E-state index in [4.69, 9.17) is 9.47 Å². The van der Waals surface area contributed by atoms with Crippen LogP contribution in [0.1, 0.15) is 22.5 Å². The average molecular weight is 487 g/mol.